The summed E-state index contributed by atoms with van der Waals surface area (Å²) >= 11 is 0. The van der Waals surface area contributed by atoms with Crippen molar-refractivity contribution < 1.29 is 8.42 Å². The summed E-state index contributed by atoms with van der Waals surface area (Å²) in [6.45, 7) is 7.57. The van der Waals surface area contributed by atoms with Crippen molar-refractivity contribution in [2.45, 2.75) is 31.2 Å². The lowest BCUT2D eigenvalue weighted by molar-refractivity contribution is 0.245. The lowest BCUT2D eigenvalue weighted by Crippen LogP contribution is -2.70. The summed E-state index contributed by atoms with van der Waals surface area (Å²) in [5.74, 6) is 0.582. The summed E-state index contributed by atoms with van der Waals surface area (Å²) < 4.78 is 23.4. The molecule has 2 rings (SSSR count). The molecule has 0 saturated carbocycles. The van der Waals surface area contributed by atoms with Crippen LogP contribution in [0.1, 0.15) is 20.8 Å². The van der Waals surface area contributed by atoms with Crippen LogP contribution in [-0.2, 0) is 9.84 Å². The summed E-state index contributed by atoms with van der Waals surface area (Å²) in [7, 11) is -3.11. The normalized spacial score (nSPS) is 18.5. The van der Waals surface area contributed by atoms with Crippen molar-refractivity contribution >= 4 is 15.5 Å². The van der Waals surface area contributed by atoms with Crippen molar-refractivity contribution in [3.05, 3.63) is 24.3 Å². The van der Waals surface area contributed by atoms with Crippen molar-refractivity contribution in [3.8, 4) is 0 Å². The zero-order chi connectivity index (χ0) is 14.3. The molecule has 0 bridgehead atoms. The van der Waals surface area contributed by atoms with E-state index in [1.165, 1.54) is 0 Å². The number of hydrogen-bond acceptors (Lipinski definition) is 4. The topological polar surface area (TPSA) is 63.4 Å². The number of nitrogens with zero attached hydrogens (tertiary/aromatic N) is 1. The molecule has 0 unspecified atom stereocenters. The third-order valence-electron chi connectivity index (χ3n) is 4.06. The second-order valence-electron chi connectivity index (χ2n) is 5.64. The quantitative estimate of drug-likeness (QED) is 0.912. The van der Waals surface area contributed by atoms with Gasteiger partial charge in [0.1, 0.15) is 0 Å². The van der Waals surface area contributed by atoms with E-state index < -0.39 is 9.84 Å². The zero-order valence-corrected chi connectivity index (χ0v) is 12.6. The van der Waals surface area contributed by atoms with Crippen molar-refractivity contribution in [3.63, 3.8) is 0 Å². The lowest BCUT2D eigenvalue weighted by atomic mass is 9.80. The van der Waals surface area contributed by atoms with Crippen LogP contribution in [0.25, 0.3) is 0 Å². The predicted octanol–water partition coefficient (Wildman–Crippen LogP) is 1.65. The Morgan fingerprint density at radius 2 is 1.79 bits per heavy atom. The molecule has 1 aromatic carbocycles. The molecule has 2 N–H and O–H groups in total. The Hall–Kier alpha value is -1.07. The highest BCUT2D eigenvalue weighted by molar-refractivity contribution is 7.91. The molecular weight excluding hydrogens is 260 g/mol. The first kappa shape index (κ1) is 14.3. The molecule has 106 valence electrons. The smallest absolute Gasteiger partial charge is 0.178 e. The van der Waals surface area contributed by atoms with E-state index in [-0.39, 0.29) is 11.3 Å². The Labute approximate surface area is 115 Å². The molecule has 1 fully saturated rings. The predicted molar refractivity (Wildman–Crippen MR) is 78.1 cm³/mol. The Kier molecular flexibility index (Phi) is 3.62. The average Bonchev–Trinajstić information content (AvgIpc) is 2.35. The van der Waals surface area contributed by atoms with Gasteiger partial charge in [0, 0.05) is 18.8 Å². The maximum Gasteiger partial charge on any atom is 0.178 e. The van der Waals surface area contributed by atoms with E-state index in [4.69, 9.17) is 5.73 Å². The molecule has 1 saturated heterocycles. The largest absolute Gasteiger partial charge is 0.368 e. The van der Waals surface area contributed by atoms with E-state index >= 15 is 0 Å². The molecule has 0 aliphatic carbocycles. The maximum atomic E-state index is 11.7. The highest BCUT2D eigenvalue weighted by Gasteiger charge is 2.41. The number of sulfone groups is 1. The van der Waals surface area contributed by atoms with Crippen molar-refractivity contribution in [2.24, 2.45) is 11.7 Å². The van der Waals surface area contributed by atoms with Gasteiger partial charge in [-0.3, -0.25) is 0 Å². The first-order valence-electron chi connectivity index (χ1n) is 6.65. The highest BCUT2D eigenvalue weighted by Crippen LogP contribution is 2.31. The summed E-state index contributed by atoms with van der Waals surface area (Å²) in [6.07, 6.45) is 0. The molecule has 1 aliphatic rings. The molecule has 5 heteroatoms. The number of nitrogens with two attached hydrogens (primary N) is 1. The maximum absolute atomic E-state index is 11.7. The summed E-state index contributed by atoms with van der Waals surface area (Å²) in [6, 6.07) is 7.09. The van der Waals surface area contributed by atoms with Gasteiger partial charge in [0.25, 0.3) is 0 Å². The second kappa shape index (κ2) is 4.80. The first-order chi connectivity index (χ1) is 8.78. The van der Waals surface area contributed by atoms with E-state index in [0.717, 1.165) is 18.8 Å². The van der Waals surface area contributed by atoms with Crippen LogP contribution in [0.4, 0.5) is 5.69 Å². The number of rotatable bonds is 4. The summed E-state index contributed by atoms with van der Waals surface area (Å²) in [5.41, 5.74) is 7.18. The van der Waals surface area contributed by atoms with Crippen LogP contribution in [0.15, 0.2) is 29.2 Å². The number of benzene rings is 1. The van der Waals surface area contributed by atoms with Gasteiger partial charge in [0.05, 0.1) is 16.2 Å². The minimum Gasteiger partial charge on any atom is -0.368 e. The van der Waals surface area contributed by atoms with Gasteiger partial charge in [0.2, 0.25) is 0 Å². The van der Waals surface area contributed by atoms with Gasteiger partial charge in [-0.2, -0.15) is 0 Å². The van der Waals surface area contributed by atoms with Gasteiger partial charge in [-0.05, 0) is 30.2 Å². The third kappa shape index (κ3) is 2.62. The van der Waals surface area contributed by atoms with Gasteiger partial charge in [-0.25, -0.2) is 8.42 Å². The van der Waals surface area contributed by atoms with Crippen LogP contribution < -0.4 is 10.6 Å². The Morgan fingerprint density at radius 3 is 2.21 bits per heavy atom. The molecular formula is C14H22N2O2S. The standard InChI is InChI=1S/C14H22N2O2S/c1-4-19(17,18)13-7-5-12(6-8-13)16-9-14(15,10-16)11(2)3/h5-8,11H,4,9-10,15H2,1-3H3. The van der Waals surface area contributed by atoms with Crippen LogP contribution in [0.5, 0.6) is 0 Å². The van der Waals surface area contributed by atoms with Gasteiger partial charge in [0.15, 0.2) is 9.84 Å². The molecule has 4 nitrogen and oxygen atoms in total. The fourth-order valence-corrected chi connectivity index (χ4v) is 3.13. The molecule has 0 radical (unpaired) electrons. The zero-order valence-electron chi connectivity index (χ0n) is 11.8. The van der Waals surface area contributed by atoms with Crippen LogP contribution in [0.2, 0.25) is 0 Å². The molecule has 0 aromatic heterocycles. The van der Waals surface area contributed by atoms with E-state index in [1.54, 1.807) is 19.1 Å². The van der Waals surface area contributed by atoms with E-state index in [2.05, 4.69) is 18.7 Å². The number of anilines is 1. The van der Waals surface area contributed by atoms with E-state index in [9.17, 15) is 8.42 Å². The SMILES string of the molecule is CCS(=O)(=O)c1ccc(N2CC(N)(C(C)C)C2)cc1. The van der Waals surface area contributed by atoms with Crippen molar-refractivity contribution in [1.29, 1.82) is 0 Å². The van der Waals surface area contributed by atoms with Crippen molar-refractivity contribution in [1.82, 2.24) is 0 Å². The van der Waals surface area contributed by atoms with Gasteiger partial charge < -0.3 is 10.6 Å². The summed E-state index contributed by atoms with van der Waals surface area (Å²) in [4.78, 5) is 2.57. The van der Waals surface area contributed by atoms with Crippen molar-refractivity contribution in [2.75, 3.05) is 23.7 Å². The third-order valence-corrected chi connectivity index (χ3v) is 5.81. The molecule has 0 atom stereocenters. The minimum atomic E-state index is -3.11. The molecule has 0 spiro atoms. The van der Waals surface area contributed by atoms with Gasteiger partial charge in [-0.1, -0.05) is 20.8 Å². The van der Waals surface area contributed by atoms with E-state index in [0.29, 0.717) is 10.8 Å². The van der Waals surface area contributed by atoms with Crippen LogP contribution >= 0.6 is 0 Å². The molecule has 0 amide bonds. The second-order valence-corrected chi connectivity index (χ2v) is 7.92. The highest BCUT2D eigenvalue weighted by atomic mass is 32.2. The molecule has 1 aromatic rings. The Morgan fingerprint density at radius 1 is 1.26 bits per heavy atom. The van der Waals surface area contributed by atoms with Gasteiger partial charge >= 0.3 is 0 Å². The molecule has 1 aliphatic heterocycles. The fraction of sp³-hybridized carbons (Fsp3) is 0.571. The molecule has 1 heterocycles. The van der Waals surface area contributed by atoms with Crippen LogP contribution in [0.3, 0.4) is 0 Å². The van der Waals surface area contributed by atoms with Gasteiger partial charge in [-0.15, -0.1) is 0 Å². The van der Waals surface area contributed by atoms with Crippen LogP contribution in [0, 0.1) is 5.92 Å². The first-order valence-corrected chi connectivity index (χ1v) is 8.30. The summed E-state index contributed by atoms with van der Waals surface area (Å²) in [5, 5.41) is 0. The fourth-order valence-electron chi connectivity index (χ4n) is 2.24. The number of hydrogen-bond donors (Lipinski definition) is 1. The molecule has 19 heavy (non-hydrogen) atoms. The monoisotopic (exact) mass is 282 g/mol. The van der Waals surface area contributed by atoms with Crippen LogP contribution in [-0.4, -0.2) is 32.8 Å². The lowest BCUT2D eigenvalue weighted by Gasteiger charge is -2.51. The Balaban J connectivity index is 2.10. The average molecular weight is 282 g/mol. The van der Waals surface area contributed by atoms with E-state index in [1.807, 2.05) is 12.1 Å². The minimum absolute atomic E-state index is 0.117. The Bertz CT molecular complexity index is 543.